The van der Waals surface area contributed by atoms with Crippen molar-refractivity contribution in [3.63, 3.8) is 0 Å². The molecule has 0 atom stereocenters. The molecule has 0 aromatic heterocycles. The summed E-state index contributed by atoms with van der Waals surface area (Å²) in [6.07, 6.45) is 1.11. The molecule has 1 saturated heterocycles. The smallest absolute Gasteiger partial charge is 0.274 e. The highest BCUT2D eigenvalue weighted by molar-refractivity contribution is 5.80. The van der Waals surface area contributed by atoms with Crippen molar-refractivity contribution in [3.05, 3.63) is 70.3 Å². The van der Waals surface area contributed by atoms with Gasteiger partial charge < -0.3 is 15.0 Å². The zero-order chi connectivity index (χ0) is 20.6. The predicted molar refractivity (Wildman–Crippen MR) is 106 cm³/mol. The van der Waals surface area contributed by atoms with E-state index in [0.29, 0.717) is 37.2 Å². The lowest BCUT2D eigenvalue weighted by Crippen LogP contribution is -2.44. The predicted octanol–water partition coefficient (Wildman–Crippen LogP) is 2.53. The number of benzene rings is 2. The number of hydrogen-bond acceptors (Lipinski definition) is 5. The fraction of sp³-hybridized carbons (Fsp3) is 0.333. The van der Waals surface area contributed by atoms with Crippen LogP contribution in [0.15, 0.2) is 54.6 Å². The standard InChI is InChI=1S/C21H23N3O5/c25-20(15-29-18-7-2-1-3-8-18)23-12-10-16(11-13-23)21(26)22-14-17-6-4-5-9-19(17)24(27)28/h1-9,16H,10-15H2,(H,22,26). The van der Waals surface area contributed by atoms with E-state index in [1.807, 2.05) is 18.2 Å². The highest BCUT2D eigenvalue weighted by Crippen LogP contribution is 2.20. The van der Waals surface area contributed by atoms with Crippen LogP contribution in [0.5, 0.6) is 5.75 Å². The first-order valence-electron chi connectivity index (χ1n) is 9.50. The molecule has 0 saturated carbocycles. The molecule has 29 heavy (non-hydrogen) atoms. The van der Waals surface area contributed by atoms with Crippen LogP contribution in [-0.2, 0) is 16.1 Å². The number of carbonyl (C=O) groups excluding carboxylic acids is 2. The van der Waals surface area contributed by atoms with Gasteiger partial charge in [0.15, 0.2) is 6.61 Å². The molecule has 1 fully saturated rings. The first-order chi connectivity index (χ1) is 14.0. The van der Waals surface area contributed by atoms with Gasteiger partial charge >= 0.3 is 0 Å². The number of para-hydroxylation sites is 2. The van der Waals surface area contributed by atoms with Crippen molar-refractivity contribution in [2.75, 3.05) is 19.7 Å². The van der Waals surface area contributed by atoms with Crippen LogP contribution in [-0.4, -0.2) is 41.3 Å². The number of piperidine rings is 1. The minimum atomic E-state index is -0.455. The monoisotopic (exact) mass is 397 g/mol. The number of nitro groups is 1. The zero-order valence-electron chi connectivity index (χ0n) is 16.0. The van der Waals surface area contributed by atoms with Gasteiger partial charge in [0.1, 0.15) is 5.75 Å². The number of carbonyl (C=O) groups is 2. The summed E-state index contributed by atoms with van der Waals surface area (Å²) in [6, 6.07) is 15.5. The van der Waals surface area contributed by atoms with Gasteiger partial charge in [-0.05, 0) is 25.0 Å². The van der Waals surface area contributed by atoms with Crippen LogP contribution in [0.4, 0.5) is 5.69 Å². The number of amides is 2. The van der Waals surface area contributed by atoms with Crippen LogP contribution in [0.3, 0.4) is 0 Å². The van der Waals surface area contributed by atoms with Crippen molar-refractivity contribution in [2.45, 2.75) is 19.4 Å². The lowest BCUT2D eigenvalue weighted by atomic mass is 9.95. The van der Waals surface area contributed by atoms with Crippen LogP contribution in [0, 0.1) is 16.0 Å². The van der Waals surface area contributed by atoms with Crippen LogP contribution in [0.1, 0.15) is 18.4 Å². The number of nitrogens with zero attached hydrogens (tertiary/aromatic N) is 2. The Bertz CT molecular complexity index is 864. The lowest BCUT2D eigenvalue weighted by molar-refractivity contribution is -0.385. The second-order valence-corrected chi connectivity index (χ2v) is 6.86. The van der Waals surface area contributed by atoms with E-state index in [4.69, 9.17) is 4.74 Å². The van der Waals surface area contributed by atoms with E-state index in [1.165, 1.54) is 6.07 Å². The molecule has 2 aromatic carbocycles. The Morgan fingerprint density at radius 3 is 2.41 bits per heavy atom. The second kappa shape index (κ2) is 9.68. The Labute approximate surface area is 168 Å². The Balaban J connectivity index is 1.43. The summed E-state index contributed by atoms with van der Waals surface area (Å²) in [5.74, 6) is 0.186. The summed E-state index contributed by atoms with van der Waals surface area (Å²) in [7, 11) is 0. The summed E-state index contributed by atoms with van der Waals surface area (Å²) in [5, 5.41) is 13.8. The number of ether oxygens (including phenoxy) is 1. The van der Waals surface area contributed by atoms with Gasteiger partial charge in [-0.3, -0.25) is 19.7 Å². The molecule has 8 nitrogen and oxygen atoms in total. The first-order valence-corrected chi connectivity index (χ1v) is 9.50. The van der Waals surface area contributed by atoms with Gasteiger partial charge in [0, 0.05) is 37.2 Å². The molecule has 0 aliphatic carbocycles. The van der Waals surface area contributed by atoms with Crippen molar-refractivity contribution in [1.29, 1.82) is 0 Å². The van der Waals surface area contributed by atoms with E-state index in [2.05, 4.69) is 5.32 Å². The molecule has 0 spiro atoms. The van der Waals surface area contributed by atoms with Gasteiger partial charge in [0.05, 0.1) is 4.92 Å². The van der Waals surface area contributed by atoms with Gasteiger partial charge in [-0.15, -0.1) is 0 Å². The van der Waals surface area contributed by atoms with Crippen molar-refractivity contribution in [1.82, 2.24) is 10.2 Å². The Morgan fingerprint density at radius 1 is 1.07 bits per heavy atom. The van der Waals surface area contributed by atoms with E-state index >= 15 is 0 Å². The highest BCUT2D eigenvalue weighted by Gasteiger charge is 2.27. The topological polar surface area (TPSA) is 102 Å². The second-order valence-electron chi connectivity index (χ2n) is 6.86. The largest absolute Gasteiger partial charge is 0.484 e. The van der Waals surface area contributed by atoms with Gasteiger partial charge in [-0.1, -0.05) is 36.4 Å². The van der Waals surface area contributed by atoms with Crippen LogP contribution in [0.2, 0.25) is 0 Å². The third kappa shape index (κ3) is 5.54. The van der Waals surface area contributed by atoms with E-state index in [1.54, 1.807) is 35.2 Å². The average molecular weight is 397 g/mol. The average Bonchev–Trinajstić information content (AvgIpc) is 2.76. The number of nitro benzene ring substituents is 1. The molecule has 1 heterocycles. The van der Waals surface area contributed by atoms with Crippen molar-refractivity contribution in [3.8, 4) is 5.75 Å². The van der Waals surface area contributed by atoms with Crippen molar-refractivity contribution in [2.24, 2.45) is 5.92 Å². The van der Waals surface area contributed by atoms with Crippen molar-refractivity contribution < 1.29 is 19.2 Å². The number of nitrogens with one attached hydrogen (secondary N) is 1. The first kappa shape index (κ1) is 20.3. The van der Waals surface area contributed by atoms with E-state index < -0.39 is 4.92 Å². The van der Waals surface area contributed by atoms with Gasteiger partial charge in [0.2, 0.25) is 5.91 Å². The maximum Gasteiger partial charge on any atom is 0.274 e. The van der Waals surface area contributed by atoms with E-state index in [0.717, 1.165) is 0 Å². The molecular formula is C21H23N3O5. The minimum Gasteiger partial charge on any atom is -0.484 e. The Morgan fingerprint density at radius 2 is 1.72 bits per heavy atom. The Kier molecular flexibility index (Phi) is 6.78. The minimum absolute atomic E-state index is 0.00775. The fourth-order valence-corrected chi connectivity index (χ4v) is 3.31. The lowest BCUT2D eigenvalue weighted by Gasteiger charge is -2.31. The molecule has 2 amide bonds. The fourth-order valence-electron chi connectivity index (χ4n) is 3.31. The molecule has 1 N–H and O–H groups in total. The van der Waals surface area contributed by atoms with Gasteiger partial charge in [-0.2, -0.15) is 0 Å². The van der Waals surface area contributed by atoms with Crippen LogP contribution >= 0.6 is 0 Å². The van der Waals surface area contributed by atoms with Crippen LogP contribution < -0.4 is 10.1 Å². The quantitative estimate of drug-likeness (QED) is 0.571. The molecule has 1 aliphatic heterocycles. The molecule has 0 unspecified atom stereocenters. The normalized spacial score (nSPS) is 14.3. The summed E-state index contributed by atoms with van der Waals surface area (Å²) in [4.78, 5) is 37.0. The van der Waals surface area contributed by atoms with E-state index in [9.17, 15) is 19.7 Å². The number of hydrogen-bond donors (Lipinski definition) is 1. The highest BCUT2D eigenvalue weighted by atomic mass is 16.6. The number of likely N-dealkylation sites (tertiary alicyclic amines) is 1. The van der Waals surface area contributed by atoms with Crippen LogP contribution in [0.25, 0.3) is 0 Å². The number of rotatable bonds is 7. The maximum atomic E-state index is 12.4. The summed E-state index contributed by atoms with van der Waals surface area (Å²) < 4.78 is 5.49. The molecule has 3 rings (SSSR count). The molecule has 152 valence electrons. The zero-order valence-corrected chi connectivity index (χ0v) is 16.0. The van der Waals surface area contributed by atoms with E-state index in [-0.39, 0.29) is 36.6 Å². The summed E-state index contributed by atoms with van der Waals surface area (Å²) >= 11 is 0. The summed E-state index contributed by atoms with van der Waals surface area (Å²) in [5.41, 5.74) is 0.461. The molecule has 8 heteroatoms. The maximum absolute atomic E-state index is 12.4. The molecule has 1 aliphatic rings. The SMILES string of the molecule is O=C(NCc1ccccc1[N+](=O)[O-])C1CCN(C(=O)COc2ccccc2)CC1. The molecule has 0 radical (unpaired) electrons. The summed E-state index contributed by atoms with van der Waals surface area (Å²) in [6.45, 7) is 1.06. The Hall–Kier alpha value is -3.42. The third-order valence-electron chi connectivity index (χ3n) is 4.97. The van der Waals surface area contributed by atoms with Crippen molar-refractivity contribution >= 4 is 17.5 Å². The molecular weight excluding hydrogens is 374 g/mol. The molecule has 2 aromatic rings. The third-order valence-corrected chi connectivity index (χ3v) is 4.97. The van der Waals surface area contributed by atoms with Gasteiger partial charge in [-0.25, -0.2) is 0 Å². The van der Waals surface area contributed by atoms with Gasteiger partial charge in [0.25, 0.3) is 11.6 Å². The molecule has 0 bridgehead atoms.